The van der Waals surface area contributed by atoms with Crippen molar-refractivity contribution in [3.63, 3.8) is 0 Å². The van der Waals surface area contributed by atoms with Crippen LogP contribution in [0.25, 0.3) is 0 Å². The Kier molecular flexibility index (Phi) is 10.6. The van der Waals surface area contributed by atoms with Crippen LogP contribution >= 0.6 is 22.6 Å². The molecule has 0 spiro atoms. The zero-order valence-electron chi connectivity index (χ0n) is 18.9. The number of alkyl halides is 1. The lowest BCUT2D eigenvalue weighted by Gasteiger charge is -2.26. The van der Waals surface area contributed by atoms with Crippen molar-refractivity contribution in [1.82, 2.24) is 0 Å². The Balaban J connectivity index is 1.94. The molecule has 0 fully saturated rings. The first-order valence-electron chi connectivity index (χ1n) is 10.7. The van der Waals surface area contributed by atoms with Gasteiger partial charge in [-0.1, -0.05) is 60.7 Å². The number of aliphatic hydroxyl groups is 2. The van der Waals surface area contributed by atoms with E-state index in [9.17, 15) is 10.2 Å². The van der Waals surface area contributed by atoms with Gasteiger partial charge in [0.05, 0.1) is 18.8 Å². The van der Waals surface area contributed by atoms with Crippen molar-refractivity contribution < 1.29 is 24.4 Å². The summed E-state index contributed by atoms with van der Waals surface area (Å²) in [6, 6.07) is 16.0. The molecular weight excluding hydrogens is 507 g/mol. The van der Waals surface area contributed by atoms with E-state index in [0.717, 1.165) is 27.9 Å². The van der Waals surface area contributed by atoms with Crippen LogP contribution in [-0.2, 0) is 10.2 Å². The van der Waals surface area contributed by atoms with Gasteiger partial charge in [0.1, 0.15) is 30.8 Å². The molecule has 2 aromatic carbocycles. The Morgan fingerprint density at radius 2 is 1.23 bits per heavy atom. The molecule has 2 aromatic rings. The zero-order chi connectivity index (χ0) is 22.9. The van der Waals surface area contributed by atoms with E-state index in [0.29, 0.717) is 6.61 Å². The van der Waals surface area contributed by atoms with Crippen molar-refractivity contribution >= 4 is 22.6 Å². The number of aliphatic hydroxyl groups excluding tert-OH is 2. The van der Waals surface area contributed by atoms with Crippen LogP contribution in [0.4, 0.5) is 0 Å². The maximum atomic E-state index is 9.94. The van der Waals surface area contributed by atoms with Crippen LogP contribution < -0.4 is 9.47 Å². The summed E-state index contributed by atoms with van der Waals surface area (Å²) in [5.41, 5.74) is 2.14. The Labute approximate surface area is 199 Å². The predicted molar refractivity (Wildman–Crippen MR) is 133 cm³/mol. The molecule has 0 aliphatic heterocycles. The summed E-state index contributed by atoms with van der Waals surface area (Å²) in [7, 11) is 0. The molecule has 0 heterocycles. The Hall–Kier alpha value is -1.35. The van der Waals surface area contributed by atoms with Crippen molar-refractivity contribution in [2.24, 2.45) is 0 Å². The molecule has 5 nitrogen and oxygen atoms in total. The van der Waals surface area contributed by atoms with E-state index in [4.69, 9.17) is 14.2 Å². The van der Waals surface area contributed by atoms with Crippen molar-refractivity contribution in [2.75, 3.05) is 24.2 Å². The first-order valence-corrected chi connectivity index (χ1v) is 12.2. The maximum Gasteiger partial charge on any atom is 0.119 e. The largest absolute Gasteiger partial charge is 0.491 e. The monoisotopic (exact) mass is 542 g/mol. The fraction of sp³-hybridized carbons (Fsp3) is 0.520. The molecule has 0 saturated heterocycles. The molecule has 172 valence electrons. The zero-order valence-corrected chi connectivity index (χ0v) is 21.0. The van der Waals surface area contributed by atoms with Crippen LogP contribution in [0.15, 0.2) is 48.5 Å². The average molecular weight is 542 g/mol. The van der Waals surface area contributed by atoms with Gasteiger partial charge in [-0.2, -0.15) is 0 Å². The predicted octanol–water partition coefficient (Wildman–Crippen LogP) is 4.74. The fourth-order valence-electron chi connectivity index (χ4n) is 3.05. The highest BCUT2D eigenvalue weighted by molar-refractivity contribution is 14.1. The van der Waals surface area contributed by atoms with Gasteiger partial charge in [0.2, 0.25) is 0 Å². The highest BCUT2D eigenvalue weighted by atomic mass is 127. The Morgan fingerprint density at radius 3 is 1.65 bits per heavy atom. The van der Waals surface area contributed by atoms with Crippen molar-refractivity contribution in [2.45, 2.75) is 57.8 Å². The number of hydrogen-bond donors (Lipinski definition) is 2. The van der Waals surface area contributed by atoms with Crippen LogP contribution in [0.2, 0.25) is 0 Å². The highest BCUT2D eigenvalue weighted by Gasteiger charge is 2.23. The van der Waals surface area contributed by atoms with Gasteiger partial charge in [-0.3, -0.25) is 0 Å². The molecule has 2 atom stereocenters. The molecule has 0 aromatic heterocycles. The van der Waals surface area contributed by atoms with Crippen LogP contribution in [0.5, 0.6) is 11.5 Å². The standard InChI is InChI=1S/C25H35IO5/c1-18(2)29-16-22(28)17-31-24-11-7-20(8-12-24)25(3,4)19-5-9-23(10-6-19)30-15-21(27)13-14-26/h5-12,18,21-22,27-28H,13-17H2,1-4H3. The maximum absolute atomic E-state index is 9.94. The second kappa shape index (κ2) is 12.6. The number of halogens is 1. The van der Waals surface area contributed by atoms with Crippen LogP contribution in [-0.4, -0.2) is 52.8 Å². The lowest BCUT2D eigenvalue weighted by molar-refractivity contribution is -0.0122. The van der Waals surface area contributed by atoms with Gasteiger partial charge < -0.3 is 24.4 Å². The topological polar surface area (TPSA) is 68.2 Å². The average Bonchev–Trinajstić information content (AvgIpc) is 2.75. The summed E-state index contributed by atoms with van der Waals surface area (Å²) >= 11 is 2.25. The van der Waals surface area contributed by atoms with Gasteiger partial charge in [0.15, 0.2) is 0 Å². The molecule has 31 heavy (non-hydrogen) atoms. The minimum absolute atomic E-state index is 0.0872. The normalized spacial score (nSPS) is 13.8. The molecule has 0 aliphatic carbocycles. The quantitative estimate of drug-likeness (QED) is 0.283. The Bertz CT molecular complexity index is 758. The summed E-state index contributed by atoms with van der Waals surface area (Å²) in [4.78, 5) is 0. The van der Waals surface area contributed by atoms with E-state index in [-0.39, 0.29) is 24.7 Å². The summed E-state index contributed by atoms with van der Waals surface area (Å²) < 4.78 is 17.7. The van der Waals surface area contributed by atoms with Crippen molar-refractivity contribution in [1.29, 1.82) is 0 Å². The van der Waals surface area contributed by atoms with E-state index in [2.05, 4.69) is 60.7 Å². The lowest BCUT2D eigenvalue weighted by Crippen LogP contribution is -2.25. The molecule has 0 bridgehead atoms. The second-order valence-corrected chi connectivity index (χ2v) is 9.54. The number of benzene rings is 2. The van der Waals surface area contributed by atoms with E-state index in [1.165, 1.54) is 5.56 Å². The van der Waals surface area contributed by atoms with Crippen LogP contribution in [0.1, 0.15) is 45.2 Å². The van der Waals surface area contributed by atoms with E-state index < -0.39 is 12.2 Å². The first kappa shape index (κ1) is 25.9. The molecule has 6 heteroatoms. The van der Waals surface area contributed by atoms with E-state index >= 15 is 0 Å². The lowest BCUT2D eigenvalue weighted by atomic mass is 9.78. The number of ether oxygens (including phenoxy) is 3. The highest BCUT2D eigenvalue weighted by Crippen LogP contribution is 2.33. The van der Waals surface area contributed by atoms with Gasteiger partial charge in [0, 0.05) is 9.84 Å². The van der Waals surface area contributed by atoms with E-state index in [1.54, 1.807) is 0 Å². The second-order valence-electron chi connectivity index (χ2n) is 8.46. The summed E-state index contributed by atoms with van der Waals surface area (Å²) in [6.07, 6.45) is -0.264. The molecule has 0 aliphatic rings. The third-order valence-electron chi connectivity index (χ3n) is 5.10. The van der Waals surface area contributed by atoms with Gasteiger partial charge >= 0.3 is 0 Å². The van der Waals surface area contributed by atoms with Crippen LogP contribution in [0.3, 0.4) is 0 Å². The minimum atomic E-state index is -0.651. The summed E-state index contributed by atoms with van der Waals surface area (Å²) in [5.74, 6) is 1.48. The van der Waals surface area contributed by atoms with Crippen LogP contribution in [0, 0.1) is 0 Å². The molecular formula is C25H35IO5. The first-order chi connectivity index (χ1) is 14.7. The van der Waals surface area contributed by atoms with E-state index in [1.807, 2.05) is 38.1 Å². The molecule has 2 unspecified atom stereocenters. The van der Waals surface area contributed by atoms with Gasteiger partial charge in [-0.25, -0.2) is 0 Å². The third-order valence-corrected chi connectivity index (χ3v) is 5.72. The smallest absolute Gasteiger partial charge is 0.119 e. The molecule has 0 amide bonds. The number of hydrogen-bond acceptors (Lipinski definition) is 5. The summed E-state index contributed by atoms with van der Waals surface area (Å²) in [5, 5.41) is 19.8. The molecule has 2 rings (SSSR count). The SMILES string of the molecule is CC(C)OCC(O)COc1ccc(C(C)(C)c2ccc(OCC(O)CCI)cc2)cc1. The number of rotatable bonds is 13. The van der Waals surface area contributed by atoms with Gasteiger partial charge in [-0.05, 0) is 55.7 Å². The Morgan fingerprint density at radius 1 is 0.774 bits per heavy atom. The minimum Gasteiger partial charge on any atom is -0.491 e. The molecule has 0 saturated carbocycles. The summed E-state index contributed by atoms with van der Waals surface area (Å²) in [6.45, 7) is 9.00. The van der Waals surface area contributed by atoms with Gasteiger partial charge in [0.25, 0.3) is 0 Å². The molecule has 0 radical (unpaired) electrons. The van der Waals surface area contributed by atoms with Crippen molar-refractivity contribution in [3.05, 3.63) is 59.7 Å². The fourth-order valence-corrected chi connectivity index (χ4v) is 3.77. The van der Waals surface area contributed by atoms with Gasteiger partial charge in [-0.15, -0.1) is 0 Å². The molecule has 2 N–H and O–H groups in total. The third kappa shape index (κ3) is 8.60. The van der Waals surface area contributed by atoms with Crippen molar-refractivity contribution in [3.8, 4) is 11.5 Å².